The van der Waals surface area contributed by atoms with E-state index >= 15 is 0 Å². The van der Waals surface area contributed by atoms with Gasteiger partial charge >= 0.3 is 0 Å². The van der Waals surface area contributed by atoms with Crippen LogP contribution < -0.4 is 10.0 Å². The first-order valence-electron chi connectivity index (χ1n) is 7.80. The van der Waals surface area contributed by atoms with Gasteiger partial charge in [-0.2, -0.15) is 0 Å². The maximum atomic E-state index is 12.4. The van der Waals surface area contributed by atoms with Crippen molar-refractivity contribution in [2.75, 3.05) is 10.0 Å². The second-order valence-electron chi connectivity index (χ2n) is 5.55. The lowest BCUT2D eigenvalue weighted by molar-refractivity contribution is 0.102. The van der Waals surface area contributed by atoms with Crippen LogP contribution in [0.3, 0.4) is 0 Å². The number of rotatable bonds is 5. The van der Waals surface area contributed by atoms with E-state index in [1.807, 2.05) is 0 Å². The molecular weight excluding hydrogens is 407 g/mol. The molecule has 2 N–H and O–H groups in total. The quantitative estimate of drug-likeness (QED) is 0.606. The minimum atomic E-state index is -3.78. The van der Waals surface area contributed by atoms with Crippen molar-refractivity contribution in [1.82, 2.24) is 0 Å². The molecule has 0 heterocycles. The van der Waals surface area contributed by atoms with Crippen molar-refractivity contribution < 1.29 is 13.2 Å². The molecule has 0 spiro atoms. The number of para-hydroxylation sites is 1. The summed E-state index contributed by atoms with van der Waals surface area (Å²) in [5.41, 5.74) is 0.909. The summed E-state index contributed by atoms with van der Waals surface area (Å²) in [4.78, 5) is 12.5. The van der Waals surface area contributed by atoms with Crippen LogP contribution in [0.4, 0.5) is 11.4 Å². The van der Waals surface area contributed by atoms with E-state index < -0.39 is 15.9 Å². The van der Waals surface area contributed by atoms with E-state index in [1.165, 1.54) is 30.3 Å². The van der Waals surface area contributed by atoms with E-state index in [9.17, 15) is 13.2 Å². The van der Waals surface area contributed by atoms with Crippen LogP contribution in [0.2, 0.25) is 10.0 Å². The van der Waals surface area contributed by atoms with Gasteiger partial charge in [0.1, 0.15) is 0 Å². The number of sulfonamides is 1. The number of hydrogen-bond donors (Lipinski definition) is 2. The Labute approximate surface area is 167 Å². The summed E-state index contributed by atoms with van der Waals surface area (Å²) >= 11 is 12.2. The third-order valence-electron chi connectivity index (χ3n) is 3.65. The summed E-state index contributed by atoms with van der Waals surface area (Å²) in [6.07, 6.45) is 0. The highest BCUT2D eigenvalue weighted by Crippen LogP contribution is 2.27. The largest absolute Gasteiger partial charge is 0.321 e. The Balaban J connectivity index is 1.80. The maximum absolute atomic E-state index is 12.4. The molecule has 3 rings (SSSR count). The molecule has 0 fully saturated rings. The van der Waals surface area contributed by atoms with Crippen LogP contribution in [0, 0.1) is 0 Å². The number of nitrogens with one attached hydrogen (secondary N) is 2. The fourth-order valence-corrected chi connectivity index (χ4v) is 3.87. The molecule has 0 bridgehead atoms. The first kappa shape index (κ1) is 19.2. The van der Waals surface area contributed by atoms with Crippen molar-refractivity contribution in [1.29, 1.82) is 0 Å². The van der Waals surface area contributed by atoms with Gasteiger partial charge < -0.3 is 5.32 Å². The van der Waals surface area contributed by atoms with Crippen LogP contribution in [0.5, 0.6) is 0 Å². The molecule has 0 saturated heterocycles. The summed E-state index contributed by atoms with van der Waals surface area (Å²) in [6.45, 7) is 0. The molecule has 0 radical (unpaired) electrons. The average Bonchev–Trinajstić information content (AvgIpc) is 2.66. The first-order chi connectivity index (χ1) is 12.9. The molecule has 0 aliphatic heterocycles. The second kappa shape index (κ2) is 8.00. The predicted octanol–water partition coefficient (Wildman–Crippen LogP) is 5.05. The molecule has 3 aromatic rings. The molecule has 8 heteroatoms. The normalized spacial score (nSPS) is 11.0. The summed E-state index contributed by atoms with van der Waals surface area (Å²) < 4.78 is 27.2. The van der Waals surface area contributed by atoms with Gasteiger partial charge in [-0.15, -0.1) is 0 Å². The zero-order valence-corrected chi connectivity index (χ0v) is 16.1. The van der Waals surface area contributed by atoms with E-state index in [-0.39, 0.29) is 21.2 Å². The number of hydrogen-bond acceptors (Lipinski definition) is 3. The van der Waals surface area contributed by atoms with Gasteiger partial charge in [0.05, 0.1) is 26.3 Å². The number of amides is 1. The van der Waals surface area contributed by atoms with Gasteiger partial charge in [0, 0.05) is 5.56 Å². The van der Waals surface area contributed by atoms with Crippen molar-refractivity contribution in [2.45, 2.75) is 4.90 Å². The van der Waals surface area contributed by atoms with Crippen LogP contribution in [0.25, 0.3) is 0 Å². The molecule has 0 unspecified atom stereocenters. The van der Waals surface area contributed by atoms with Crippen molar-refractivity contribution in [2.24, 2.45) is 0 Å². The van der Waals surface area contributed by atoms with Gasteiger partial charge in [0.25, 0.3) is 15.9 Å². The van der Waals surface area contributed by atoms with Crippen LogP contribution in [0.15, 0.2) is 77.7 Å². The smallest absolute Gasteiger partial charge is 0.261 e. The number of benzene rings is 3. The van der Waals surface area contributed by atoms with Gasteiger partial charge in [0.2, 0.25) is 0 Å². The van der Waals surface area contributed by atoms with Gasteiger partial charge in [-0.25, -0.2) is 8.42 Å². The molecule has 1 amide bonds. The summed E-state index contributed by atoms with van der Waals surface area (Å²) in [5.74, 6) is -0.414. The van der Waals surface area contributed by atoms with Crippen LogP contribution >= 0.6 is 23.2 Å². The van der Waals surface area contributed by atoms with Crippen molar-refractivity contribution in [3.8, 4) is 0 Å². The van der Waals surface area contributed by atoms with Gasteiger partial charge in [-0.3, -0.25) is 9.52 Å². The van der Waals surface area contributed by atoms with E-state index in [2.05, 4.69) is 10.0 Å². The van der Waals surface area contributed by atoms with Crippen LogP contribution in [-0.2, 0) is 10.0 Å². The summed E-state index contributed by atoms with van der Waals surface area (Å²) in [7, 11) is -3.78. The highest BCUT2D eigenvalue weighted by atomic mass is 35.5. The van der Waals surface area contributed by atoms with Crippen molar-refractivity contribution in [3.05, 3.63) is 88.4 Å². The van der Waals surface area contributed by atoms with Gasteiger partial charge in [0.15, 0.2) is 0 Å². The van der Waals surface area contributed by atoms with E-state index in [1.54, 1.807) is 42.5 Å². The Morgan fingerprint density at radius 3 is 2.11 bits per heavy atom. The number of halogens is 2. The summed E-state index contributed by atoms with van der Waals surface area (Å²) in [6, 6.07) is 19.0. The zero-order chi connectivity index (χ0) is 19.4. The standard InChI is InChI=1S/C19H14Cl2N2O3S/c20-15-8-4-5-9-17(15)22-19(24)13-10-11-18(16(21)12-13)23-27(25,26)14-6-2-1-3-7-14/h1-12,23H,(H,22,24). The lowest BCUT2D eigenvalue weighted by Gasteiger charge is -2.11. The topological polar surface area (TPSA) is 75.3 Å². The fourth-order valence-electron chi connectivity index (χ4n) is 2.30. The second-order valence-corrected chi connectivity index (χ2v) is 8.04. The molecule has 138 valence electrons. The van der Waals surface area contributed by atoms with E-state index in [0.717, 1.165) is 0 Å². The Kier molecular flexibility index (Phi) is 5.70. The monoisotopic (exact) mass is 420 g/mol. The Bertz CT molecular complexity index is 1090. The molecular formula is C19H14Cl2N2O3S. The van der Waals surface area contributed by atoms with Crippen molar-refractivity contribution >= 4 is 50.5 Å². The van der Waals surface area contributed by atoms with E-state index in [4.69, 9.17) is 23.2 Å². The Morgan fingerprint density at radius 1 is 0.778 bits per heavy atom. The molecule has 5 nitrogen and oxygen atoms in total. The maximum Gasteiger partial charge on any atom is 0.261 e. The third-order valence-corrected chi connectivity index (χ3v) is 5.67. The molecule has 3 aromatic carbocycles. The number of carbonyl (C=O) groups excluding carboxylic acids is 1. The number of anilines is 2. The lowest BCUT2D eigenvalue weighted by Crippen LogP contribution is -2.15. The van der Waals surface area contributed by atoms with Gasteiger partial charge in [-0.05, 0) is 42.5 Å². The van der Waals surface area contributed by atoms with Crippen LogP contribution in [0.1, 0.15) is 10.4 Å². The average molecular weight is 421 g/mol. The first-order valence-corrected chi connectivity index (χ1v) is 10.0. The van der Waals surface area contributed by atoms with Crippen LogP contribution in [-0.4, -0.2) is 14.3 Å². The lowest BCUT2D eigenvalue weighted by atomic mass is 10.2. The molecule has 27 heavy (non-hydrogen) atoms. The van der Waals surface area contributed by atoms with Gasteiger partial charge in [-0.1, -0.05) is 53.5 Å². The molecule has 0 saturated carbocycles. The Hall–Kier alpha value is -2.54. The zero-order valence-electron chi connectivity index (χ0n) is 13.8. The highest BCUT2D eigenvalue weighted by Gasteiger charge is 2.17. The molecule has 0 aliphatic carbocycles. The predicted molar refractivity (Wildman–Crippen MR) is 108 cm³/mol. The molecule has 0 atom stereocenters. The Morgan fingerprint density at radius 2 is 1.44 bits per heavy atom. The SMILES string of the molecule is O=C(Nc1ccccc1Cl)c1ccc(NS(=O)(=O)c2ccccc2)c(Cl)c1. The molecule has 0 aliphatic rings. The van der Waals surface area contributed by atoms with E-state index in [0.29, 0.717) is 10.7 Å². The minimum absolute atomic E-state index is 0.0984. The summed E-state index contributed by atoms with van der Waals surface area (Å²) in [5, 5.41) is 3.18. The minimum Gasteiger partial charge on any atom is -0.321 e. The molecule has 0 aromatic heterocycles. The fraction of sp³-hybridized carbons (Fsp3) is 0. The highest BCUT2D eigenvalue weighted by molar-refractivity contribution is 7.92. The third kappa shape index (κ3) is 4.60. The number of carbonyl (C=O) groups is 1. The van der Waals surface area contributed by atoms with Crippen molar-refractivity contribution in [3.63, 3.8) is 0 Å².